The largest absolute Gasteiger partial charge is 0.378 e. The van der Waals surface area contributed by atoms with Gasteiger partial charge in [0.15, 0.2) is 0 Å². The Morgan fingerprint density at radius 1 is 1.35 bits per heavy atom. The first-order valence-corrected chi connectivity index (χ1v) is 7.74. The van der Waals surface area contributed by atoms with Crippen molar-refractivity contribution in [2.75, 3.05) is 32.8 Å². The first-order valence-electron chi connectivity index (χ1n) is 7.74. The maximum Gasteiger partial charge on any atom is 0.0964 e. The molecular weight excluding hydrogens is 254 g/mol. The number of ether oxygens (including phenoxy) is 1. The normalized spacial score (nSPS) is 15.2. The summed E-state index contributed by atoms with van der Waals surface area (Å²) in [7, 11) is 0. The molecule has 1 fully saturated rings. The molecular formula is C14H27N5O. The molecule has 0 aliphatic heterocycles. The molecule has 2 rings (SSSR count). The summed E-state index contributed by atoms with van der Waals surface area (Å²) in [4.78, 5) is 2.36. The zero-order chi connectivity index (χ0) is 14.2. The first kappa shape index (κ1) is 15.4. The lowest BCUT2D eigenvalue weighted by Gasteiger charge is -2.17. The third-order valence-electron chi connectivity index (χ3n) is 3.65. The molecule has 1 aromatic heterocycles. The minimum Gasteiger partial charge on any atom is -0.378 e. The molecule has 1 aromatic rings. The van der Waals surface area contributed by atoms with Crippen LogP contribution in [0.5, 0.6) is 0 Å². The molecule has 114 valence electrons. The fourth-order valence-electron chi connectivity index (χ4n) is 2.06. The van der Waals surface area contributed by atoms with E-state index in [1.165, 1.54) is 12.8 Å². The molecule has 0 amide bonds. The molecule has 0 aromatic carbocycles. The summed E-state index contributed by atoms with van der Waals surface area (Å²) in [5, 5.41) is 11.7. The SMILES string of the molecule is CCN(CC)CCOCCn1cc(CNC2CC2)nn1. The Hall–Kier alpha value is -0.980. The van der Waals surface area contributed by atoms with E-state index in [9.17, 15) is 0 Å². The predicted molar refractivity (Wildman–Crippen MR) is 78.5 cm³/mol. The highest BCUT2D eigenvalue weighted by Gasteiger charge is 2.20. The highest BCUT2D eigenvalue weighted by molar-refractivity contribution is 4.94. The van der Waals surface area contributed by atoms with Gasteiger partial charge in [0.25, 0.3) is 0 Å². The lowest BCUT2D eigenvalue weighted by molar-refractivity contribution is 0.0988. The minimum absolute atomic E-state index is 0.695. The average molecular weight is 281 g/mol. The van der Waals surface area contributed by atoms with E-state index in [2.05, 4.69) is 34.4 Å². The van der Waals surface area contributed by atoms with Gasteiger partial charge >= 0.3 is 0 Å². The van der Waals surface area contributed by atoms with Crippen molar-refractivity contribution in [3.05, 3.63) is 11.9 Å². The molecule has 1 saturated carbocycles. The second kappa shape index (κ2) is 8.34. The molecule has 1 aliphatic rings. The topological polar surface area (TPSA) is 55.2 Å². The Morgan fingerprint density at radius 3 is 2.85 bits per heavy atom. The van der Waals surface area contributed by atoms with E-state index < -0.39 is 0 Å². The lowest BCUT2D eigenvalue weighted by Crippen LogP contribution is -2.27. The van der Waals surface area contributed by atoms with E-state index in [1.807, 2.05) is 10.9 Å². The smallest absolute Gasteiger partial charge is 0.0964 e. The van der Waals surface area contributed by atoms with Gasteiger partial charge in [-0.25, -0.2) is 4.68 Å². The molecule has 0 bridgehead atoms. The molecule has 0 unspecified atom stereocenters. The van der Waals surface area contributed by atoms with Crippen molar-refractivity contribution < 1.29 is 4.74 Å². The fraction of sp³-hybridized carbons (Fsp3) is 0.857. The monoisotopic (exact) mass is 281 g/mol. The van der Waals surface area contributed by atoms with Crippen molar-refractivity contribution >= 4 is 0 Å². The standard InChI is InChI=1S/C14H27N5O/c1-3-18(4-2)7-9-20-10-8-19-12-14(16-17-19)11-15-13-5-6-13/h12-13,15H,3-11H2,1-2H3. The molecule has 6 heteroatoms. The van der Waals surface area contributed by atoms with Gasteiger partial charge in [-0.2, -0.15) is 0 Å². The van der Waals surface area contributed by atoms with Crippen molar-refractivity contribution in [1.29, 1.82) is 0 Å². The highest BCUT2D eigenvalue weighted by Crippen LogP contribution is 2.18. The van der Waals surface area contributed by atoms with Crippen molar-refractivity contribution in [2.24, 2.45) is 0 Å². The third-order valence-corrected chi connectivity index (χ3v) is 3.65. The van der Waals surface area contributed by atoms with E-state index >= 15 is 0 Å². The van der Waals surface area contributed by atoms with Crippen LogP contribution in [0.15, 0.2) is 6.20 Å². The number of aromatic nitrogens is 3. The van der Waals surface area contributed by atoms with Gasteiger partial charge in [0, 0.05) is 25.3 Å². The van der Waals surface area contributed by atoms with E-state index in [-0.39, 0.29) is 0 Å². The van der Waals surface area contributed by atoms with Crippen LogP contribution in [0.2, 0.25) is 0 Å². The average Bonchev–Trinajstić information content (AvgIpc) is 3.19. The van der Waals surface area contributed by atoms with Gasteiger partial charge in [0.2, 0.25) is 0 Å². The molecule has 0 spiro atoms. The Bertz CT molecular complexity index is 373. The van der Waals surface area contributed by atoms with Crippen molar-refractivity contribution in [2.45, 2.75) is 45.8 Å². The zero-order valence-electron chi connectivity index (χ0n) is 12.7. The van der Waals surface area contributed by atoms with Gasteiger partial charge < -0.3 is 15.0 Å². The minimum atomic E-state index is 0.695. The summed E-state index contributed by atoms with van der Waals surface area (Å²) in [6.07, 6.45) is 4.60. The van der Waals surface area contributed by atoms with Crippen molar-refractivity contribution in [3.63, 3.8) is 0 Å². The van der Waals surface area contributed by atoms with Crippen LogP contribution in [0.3, 0.4) is 0 Å². The third kappa shape index (κ3) is 5.56. The van der Waals surface area contributed by atoms with Gasteiger partial charge in [-0.15, -0.1) is 5.10 Å². The fourth-order valence-corrected chi connectivity index (χ4v) is 2.06. The lowest BCUT2D eigenvalue weighted by atomic mass is 10.4. The van der Waals surface area contributed by atoms with E-state index in [4.69, 9.17) is 4.74 Å². The van der Waals surface area contributed by atoms with Gasteiger partial charge in [-0.05, 0) is 25.9 Å². The summed E-state index contributed by atoms with van der Waals surface area (Å²) in [5.41, 5.74) is 1.01. The molecule has 20 heavy (non-hydrogen) atoms. The van der Waals surface area contributed by atoms with Gasteiger partial charge in [-0.3, -0.25) is 0 Å². The van der Waals surface area contributed by atoms with Crippen LogP contribution in [0, 0.1) is 0 Å². The predicted octanol–water partition coefficient (Wildman–Crippen LogP) is 0.889. The number of rotatable bonds is 11. The summed E-state index contributed by atoms with van der Waals surface area (Å²) in [6.45, 7) is 10.6. The maximum atomic E-state index is 5.64. The summed E-state index contributed by atoms with van der Waals surface area (Å²) < 4.78 is 7.51. The molecule has 0 radical (unpaired) electrons. The zero-order valence-corrected chi connectivity index (χ0v) is 12.7. The van der Waals surface area contributed by atoms with E-state index in [0.717, 1.165) is 45.0 Å². The Kier molecular flexibility index (Phi) is 6.42. The van der Waals surface area contributed by atoms with Gasteiger partial charge in [-0.1, -0.05) is 19.1 Å². The van der Waals surface area contributed by atoms with Crippen LogP contribution in [-0.2, 0) is 17.8 Å². The summed E-state index contributed by atoms with van der Waals surface area (Å²) in [5.74, 6) is 0. The molecule has 1 aliphatic carbocycles. The number of hydrogen-bond donors (Lipinski definition) is 1. The number of hydrogen-bond acceptors (Lipinski definition) is 5. The van der Waals surface area contributed by atoms with E-state index in [0.29, 0.717) is 12.6 Å². The Balaban J connectivity index is 1.54. The Morgan fingerprint density at radius 2 is 2.15 bits per heavy atom. The molecule has 0 atom stereocenters. The van der Waals surface area contributed by atoms with Crippen molar-refractivity contribution in [1.82, 2.24) is 25.2 Å². The van der Waals surface area contributed by atoms with Crippen LogP contribution >= 0.6 is 0 Å². The molecule has 1 heterocycles. The molecule has 0 saturated heterocycles. The second-order valence-corrected chi connectivity index (χ2v) is 5.27. The molecule has 1 N–H and O–H groups in total. The van der Waals surface area contributed by atoms with Crippen molar-refractivity contribution in [3.8, 4) is 0 Å². The van der Waals surface area contributed by atoms with Crippen LogP contribution in [0.25, 0.3) is 0 Å². The molecule has 6 nitrogen and oxygen atoms in total. The van der Waals surface area contributed by atoms with Crippen LogP contribution in [0.1, 0.15) is 32.4 Å². The number of nitrogens with zero attached hydrogens (tertiary/aromatic N) is 4. The number of likely N-dealkylation sites (N-methyl/N-ethyl adjacent to an activating group) is 1. The van der Waals surface area contributed by atoms with Crippen LogP contribution in [-0.4, -0.2) is 58.8 Å². The van der Waals surface area contributed by atoms with Crippen LogP contribution in [0.4, 0.5) is 0 Å². The Labute approximate surface area is 121 Å². The van der Waals surface area contributed by atoms with Crippen LogP contribution < -0.4 is 5.32 Å². The maximum absolute atomic E-state index is 5.64. The quantitative estimate of drug-likeness (QED) is 0.611. The highest BCUT2D eigenvalue weighted by atomic mass is 16.5. The van der Waals surface area contributed by atoms with E-state index in [1.54, 1.807) is 0 Å². The van der Waals surface area contributed by atoms with Gasteiger partial charge in [0.1, 0.15) is 0 Å². The summed E-state index contributed by atoms with van der Waals surface area (Å²) >= 11 is 0. The number of nitrogens with one attached hydrogen (secondary N) is 1. The first-order chi connectivity index (χ1) is 9.81. The summed E-state index contributed by atoms with van der Waals surface area (Å²) in [6, 6.07) is 0.712. The van der Waals surface area contributed by atoms with Gasteiger partial charge in [0.05, 0.1) is 25.5 Å². The second-order valence-electron chi connectivity index (χ2n) is 5.27.